The van der Waals surface area contributed by atoms with E-state index in [4.69, 9.17) is 0 Å². The van der Waals surface area contributed by atoms with Crippen LogP contribution in [0.3, 0.4) is 0 Å². The van der Waals surface area contributed by atoms with Crippen molar-refractivity contribution < 1.29 is 14.7 Å². The van der Waals surface area contributed by atoms with E-state index in [1.165, 1.54) is 0 Å². The van der Waals surface area contributed by atoms with Crippen LogP contribution >= 0.6 is 0 Å². The maximum absolute atomic E-state index is 13.1. The first-order valence-electron chi connectivity index (χ1n) is 9.86. The summed E-state index contributed by atoms with van der Waals surface area (Å²) in [6.07, 6.45) is 1.67. The lowest BCUT2D eigenvalue weighted by Crippen LogP contribution is -2.14. The fourth-order valence-electron chi connectivity index (χ4n) is 3.87. The minimum Gasteiger partial charge on any atom is -0.478 e. The van der Waals surface area contributed by atoms with E-state index in [1.807, 2.05) is 32.0 Å². The van der Waals surface area contributed by atoms with Crippen LogP contribution in [-0.2, 0) is 6.42 Å². The van der Waals surface area contributed by atoms with Gasteiger partial charge in [-0.25, -0.2) is 4.79 Å². The molecular formula is C24H27NO3. The fourth-order valence-corrected chi connectivity index (χ4v) is 3.87. The number of ketones is 1. The maximum Gasteiger partial charge on any atom is 0.335 e. The highest BCUT2D eigenvalue weighted by atomic mass is 16.4. The second kappa shape index (κ2) is 8.01. The molecular weight excluding hydrogens is 350 g/mol. The molecule has 1 atom stereocenters. The monoisotopic (exact) mass is 377 g/mol. The number of nitrogens with zero attached hydrogens (tertiary/aromatic N) is 1. The van der Waals surface area contributed by atoms with E-state index >= 15 is 0 Å². The smallest absolute Gasteiger partial charge is 0.335 e. The topological polar surface area (TPSA) is 59.3 Å². The molecule has 1 unspecified atom stereocenters. The van der Waals surface area contributed by atoms with Crippen molar-refractivity contribution in [3.8, 4) is 0 Å². The van der Waals surface area contributed by atoms with Crippen molar-refractivity contribution in [2.24, 2.45) is 5.92 Å². The number of carboxylic acid groups (broad SMARTS) is 1. The fraction of sp³-hybridized carbons (Fsp3) is 0.333. The molecule has 1 aromatic heterocycles. The summed E-state index contributed by atoms with van der Waals surface area (Å²) in [6, 6.07) is 15.2. The normalized spacial score (nSPS) is 12.5. The second-order valence-corrected chi connectivity index (χ2v) is 7.58. The molecule has 4 nitrogen and oxygen atoms in total. The zero-order valence-electron chi connectivity index (χ0n) is 16.9. The van der Waals surface area contributed by atoms with Crippen LogP contribution in [0, 0.1) is 5.92 Å². The van der Waals surface area contributed by atoms with Crippen molar-refractivity contribution >= 4 is 22.7 Å². The van der Waals surface area contributed by atoms with Crippen LogP contribution in [-0.4, -0.2) is 21.4 Å². The van der Waals surface area contributed by atoms with Crippen molar-refractivity contribution in [1.29, 1.82) is 0 Å². The standard InChI is InChI=1S/C24H27NO3/c1-5-9-20-22(23(26)15(2)3)19-13-12-18(24(27)28)14-21(19)25(20)16(4)17-10-7-6-8-11-17/h6-8,10-16H,5,9H2,1-4H3,(H,27,28). The van der Waals surface area contributed by atoms with Crippen LogP contribution in [0.5, 0.6) is 0 Å². The molecule has 4 heteroatoms. The van der Waals surface area contributed by atoms with Gasteiger partial charge < -0.3 is 9.67 Å². The molecule has 0 aliphatic heterocycles. The van der Waals surface area contributed by atoms with Crippen molar-refractivity contribution in [2.75, 3.05) is 0 Å². The molecule has 1 N–H and O–H groups in total. The number of rotatable bonds is 7. The third kappa shape index (κ3) is 3.47. The van der Waals surface area contributed by atoms with Crippen LogP contribution in [0.4, 0.5) is 0 Å². The third-order valence-electron chi connectivity index (χ3n) is 5.28. The molecule has 146 valence electrons. The van der Waals surface area contributed by atoms with Crippen LogP contribution in [0.2, 0.25) is 0 Å². The van der Waals surface area contributed by atoms with Gasteiger partial charge in [0, 0.05) is 22.6 Å². The molecule has 0 amide bonds. The molecule has 3 rings (SSSR count). The van der Waals surface area contributed by atoms with E-state index in [1.54, 1.807) is 18.2 Å². The number of fused-ring (bicyclic) bond motifs is 1. The first-order chi connectivity index (χ1) is 13.4. The molecule has 2 aromatic carbocycles. The molecule has 28 heavy (non-hydrogen) atoms. The molecule has 0 radical (unpaired) electrons. The van der Waals surface area contributed by atoms with Crippen molar-refractivity contribution in [2.45, 2.75) is 46.6 Å². The van der Waals surface area contributed by atoms with Crippen molar-refractivity contribution in [1.82, 2.24) is 4.57 Å². The molecule has 0 saturated carbocycles. The first-order valence-corrected chi connectivity index (χ1v) is 9.86. The minimum absolute atomic E-state index is 0.0111. The van der Waals surface area contributed by atoms with Gasteiger partial charge in [-0.1, -0.05) is 63.6 Å². The largest absolute Gasteiger partial charge is 0.478 e. The Morgan fingerprint density at radius 1 is 1.04 bits per heavy atom. The van der Waals surface area contributed by atoms with Gasteiger partial charge in [0.15, 0.2) is 5.78 Å². The number of carboxylic acids is 1. The Kier molecular flexibility index (Phi) is 5.68. The SMILES string of the molecule is CCCc1c(C(=O)C(C)C)c2ccc(C(=O)O)cc2n1C(C)c1ccccc1. The van der Waals surface area contributed by atoms with Crippen LogP contribution in [0.1, 0.15) is 72.1 Å². The summed E-state index contributed by atoms with van der Waals surface area (Å²) in [7, 11) is 0. The molecule has 0 saturated heterocycles. The van der Waals surface area contributed by atoms with Crippen LogP contribution in [0.25, 0.3) is 10.9 Å². The summed E-state index contributed by atoms with van der Waals surface area (Å²) in [5.74, 6) is -0.979. The predicted molar refractivity (Wildman–Crippen MR) is 112 cm³/mol. The lowest BCUT2D eigenvalue weighted by molar-refractivity contribution is 0.0696. The average Bonchev–Trinajstić information content (AvgIpc) is 3.00. The lowest BCUT2D eigenvalue weighted by Gasteiger charge is -2.20. The number of benzene rings is 2. The Morgan fingerprint density at radius 2 is 1.71 bits per heavy atom. The summed E-state index contributed by atoms with van der Waals surface area (Å²) in [4.78, 5) is 24.7. The Bertz CT molecular complexity index is 1020. The van der Waals surface area contributed by atoms with Gasteiger partial charge in [-0.3, -0.25) is 4.79 Å². The van der Waals surface area contributed by atoms with E-state index in [-0.39, 0.29) is 23.3 Å². The highest BCUT2D eigenvalue weighted by molar-refractivity contribution is 6.11. The summed E-state index contributed by atoms with van der Waals surface area (Å²) in [5.41, 5.74) is 3.91. The zero-order valence-corrected chi connectivity index (χ0v) is 16.9. The Labute approximate surface area is 165 Å². The highest BCUT2D eigenvalue weighted by Crippen LogP contribution is 2.35. The van der Waals surface area contributed by atoms with Gasteiger partial charge >= 0.3 is 5.97 Å². The Morgan fingerprint density at radius 3 is 2.29 bits per heavy atom. The third-order valence-corrected chi connectivity index (χ3v) is 5.28. The van der Waals surface area contributed by atoms with Gasteiger partial charge in [-0.2, -0.15) is 0 Å². The van der Waals surface area contributed by atoms with Gasteiger partial charge in [0.1, 0.15) is 0 Å². The van der Waals surface area contributed by atoms with Crippen molar-refractivity contribution in [3.05, 3.63) is 70.9 Å². The quantitative estimate of drug-likeness (QED) is 0.534. The number of hydrogen-bond acceptors (Lipinski definition) is 2. The van der Waals surface area contributed by atoms with E-state index in [0.29, 0.717) is 0 Å². The zero-order chi connectivity index (χ0) is 20.4. The van der Waals surface area contributed by atoms with Gasteiger partial charge in [-0.15, -0.1) is 0 Å². The number of Topliss-reactive ketones (excluding diaryl/α,β-unsaturated/α-hetero) is 1. The van der Waals surface area contributed by atoms with Crippen LogP contribution in [0.15, 0.2) is 48.5 Å². The van der Waals surface area contributed by atoms with E-state index in [9.17, 15) is 14.7 Å². The Balaban J connectivity index is 2.38. The summed E-state index contributed by atoms with van der Waals surface area (Å²) in [5, 5.41) is 10.3. The number of aromatic nitrogens is 1. The van der Waals surface area contributed by atoms with Gasteiger partial charge in [0.05, 0.1) is 17.1 Å². The molecule has 1 heterocycles. The first kappa shape index (κ1) is 19.9. The van der Waals surface area contributed by atoms with Gasteiger partial charge in [0.2, 0.25) is 0 Å². The summed E-state index contributed by atoms with van der Waals surface area (Å²) >= 11 is 0. The van der Waals surface area contributed by atoms with Gasteiger partial charge in [-0.05, 0) is 31.0 Å². The second-order valence-electron chi connectivity index (χ2n) is 7.58. The van der Waals surface area contributed by atoms with E-state index in [0.717, 1.165) is 40.6 Å². The van der Waals surface area contributed by atoms with E-state index in [2.05, 4.69) is 30.5 Å². The van der Waals surface area contributed by atoms with E-state index < -0.39 is 5.97 Å². The van der Waals surface area contributed by atoms with Crippen LogP contribution < -0.4 is 0 Å². The average molecular weight is 377 g/mol. The summed E-state index contributed by atoms with van der Waals surface area (Å²) in [6.45, 7) is 8.02. The van der Waals surface area contributed by atoms with Gasteiger partial charge in [0.25, 0.3) is 0 Å². The number of aromatic carboxylic acids is 1. The number of carbonyl (C=O) groups excluding carboxylic acids is 1. The summed E-state index contributed by atoms with van der Waals surface area (Å²) < 4.78 is 2.16. The molecule has 0 aliphatic rings. The highest BCUT2D eigenvalue weighted by Gasteiger charge is 2.26. The maximum atomic E-state index is 13.1. The molecule has 0 aliphatic carbocycles. The predicted octanol–water partition coefficient (Wildman–Crippen LogP) is 5.74. The minimum atomic E-state index is -0.962. The number of carbonyl (C=O) groups is 2. The molecule has 0 fully saturated rings. The number of hydrogen-bond donors (Lipinski definition) is 1. The molecule has 0 spiro atoms. The lowest BCUT2D eigenvalue weighted by atomic mass is 9.96. The van der Waals surface area contributed by atoms with Crippen molar-refractivity contribution in [3.63, 3.8) is 0 Å². The Hall–Kier alpha value is -2.88. The molecule has 3 aromatic rings. The molecule has 0 bridgehead atoms.